The number of aromatic amines is 1. The van der Waals surface area contributed by atoms with Crippen LogP contribution in [0.2, 0.25) is 0 Å². The van der Waals surface area contributed by atoms with Gasteiger partial charge in [-0.1, -0.05) is 0 Å². The number of hydrogen-bond acceptors (Lipinski definition) is 4. The van der Waals surface area contributed by atoms with Crippen molar-refractivity contribution < 1.29 is 9.53 Å². The minimum Gasteiger partial charge on any atom is -0.496 e. The van der Waals surface area contributed by atoms with E-state index in [9.17, 15) is 4.79 Å². The first kappa shape index (κ1) is 12.0. The summed E-state index contributed by atoms with van der Waals surface area (Å²) < 4.78 is 5.12. The molecule has 18 heavy (non-hydrogen) atoms. The summed E-state index contributed by atoms with van der Waals surface area (Å²) in [6.07, 6.45) is 3.32. The predicted molar refractivity (Wildman–Crippen MR) is 67.2 cm³/mol. The van der Waals surface area contributed by atoms with Crippen LogP contribution in [0, 0.1) is 0 Å². The van der Waals surface area contributed by atoms with Gasteiger partial charge in [-0.25, -0.2) is 4.98 Å². The lowest BCUT2D eigenvalue weighted by atomic mass is 10.1. The van der Waals surface area contributed by atoms with E-state index in [-0.39, 0.29) is 5.91 Å². The fraction of sp³-hybridized carbons (Fsp3) is 0.167. The SMILES string of the molecule is COc1ccc(N)cc1C(=O)NCc1ncc[nH]1. The summed E-state index contributed by atoms with van der Waals surface area (Å²) in [6.45, 7) is 0.323. The average molecular weight is 246 g/mol. The Morgan fingerprint density at radius 3 is 3.06 bits per heavy atom. The van der Waals surface area contributed by atoms with E-state index in [0.717, 1.165) is 0 Å². The zero-order chi connectivity index (χ0) is 13.0. The second-order valence-electron chi connectivity index (χ2n) is 3.68. The number of anilines is 1. The quantitative estimate of drug-likeness (QED) is 0.700. The maximum absolute atomic E-state index is 12.0. The van der Waals surface area contributed by atoms with Crippen molar-refractivity contribution in [2.24, 2.45) is 0 Å². The van der Waals surface area contributed by atoms with Crippen molar-refractivity contribution in [3.63, 3.8) is 0 Å². The molecule has 0 bridgehead atoms. The van der Waals surface area contributed by atoms with Crippen molar-refractivity contribution in [2.45, 2.75) is 6.54 Å². The van der Waals surface area contributed by atoms with Crippen LogP contribution in [0.5, 0.6) is 5.75 Å². The molecule has 0 spiro atoms. The summed E-state index contributed by atoms with van der Waals surface area (Å²) in [5.41, 5.74) is 6.58. The topological polar surface area (TPSA) is 93.0 Å². The van der Waals surface area contributed by atoms with E-state index >= 15 is 0 Å². The summed E-state index contributed by atoms with van der Waals surface area (Å²) in [5.74, 6) is 0.919. The smallest absolute Gasteiger partial charge is 0.255 e. The zero-order valence-corrected chi connectivity index (χ0v) is 9.93. The molecule has 1 amide bonds. The highest BCUT2D eigenvalue weighted by atomic mass is 16.5. The number of imidazole rings is 1. The van der Waals surface area contributed by atoms with Crippen molar-refractivity contribution in [1.29, 1.82) is 0 Å². The van der Waals surface area contributed by atoms with Crippen molar-refractivity contribution in [1.82, 2.24) is 15.3 Å². The molecule has 4 N–H and O–H groups in total. The number of nitrogens with zero attached hydrogens (tertiary/aromatic N) is 1. The van der Waals surface area contributed by atoms with Gasteiger partial charge in [-0.2, -0.15) is 0 Å². The molecule has 6 heteroatoms. The number of nitrogens with two attached hydrogens (primary N) is 1. The number of nitrogen functional groups attached to an aromatic ring is 1. The highest BCUT2D eigenvalue weighted by Gasteiger charge is 2.12. The van der Waals surface area contributed by atoms with Crippen LogP contribution in [0.1, 0.15) is 16.2 Å². The first-order valence-electron chi connectivity index (χ1n) is 5.40. The van der Waals surface area contributed by atoms with Gasteiger partial charge in [-0.05, 0) is 18.2 Å². The number of aromatic nitrogens is 2. The number of amides is 1. The third-order valence-corrected chi connectivity index (χ3v) is 2.44. The Balaban J connectivity index is 2.10. The molecule has 0 radical (unpaired) electrons. The number of methoxy groups -OCH3 is 1. The van der Waals surface area contributed by atoms with Gasteiger partial charge in [-0.15, -0.1) is 0 Å². The van der Waals surface area contributed by atoms with Crippen LogP contribution in [0.15, 0.2) is 30.6 Å². The molecule has 0 saturated heterocycles. The maximum Gasteiger partial charge on any atom is 0.255 e. The third kappa shape index (κ3) is 2.60. The fourth-order valence-electron chi connectivity index (χ4n) is 1.56. The summed E-state index contributed by atoms with van der Waals surface area (Å²) in [7, 11) is 1.51. The summed E-state index contributed by atoms with van der Waals surface area (Å²) >= 11 is 0. The van der Waals surface area contributed by atoms with Gasteiger partial charge in [-0.3, -0.25) is 4.79 Å². The zero-order valence-electron chi connectivity index (χ0n) is 9.93. The molecule has 0 aliphatic heterocycles. The number of benzene rings is 1. The number of hydrogen-bond donors (Lipinski definition) is 3. The number of carbonyl (C=O) groups is 1. The molecule has 2 aromatic rings. The molecular formula is C12H14N4O2. The Morgan fingerprint density at radius 2 is 2.39 bits per heavy atom. The lowest BCUT2D eigenvalue weighted by Crippen LogP contribution is -2.24. The Labute approximate surface area is 104 Å². The van der Waals surface area contributed by atoms with Gasteiger partial charge < -0.3 is 20.8 Å². The van der Waals surface area contributed by atoms with E-state index < -0.39 is 0 Å². The molecule has 0 aliphatic rings. The van der Waals surface area contributed by atoms with Crippen molar-refractivity contribution in [3.8, 4) is 5.75 Å². The van der Waals surface area contributed by atoms with E-state index in [4.69, 9.17) is 10.5 Å². The van der Waals surface area contributed by atoms with Gasteiger partial charge in [0.1, 0.15) is 11.6 Å². The lowest BCUT2D eigenvalue weighted by Gasteiger charge is -2.09. The van der Waals surface area contributed by atoms with Crippen molar-refractivity contribution in [2.75, 3.05) is 12.8 Å². The van der Waals surface area contributed by atoms with Crippen molar-refractivity contribution >= 4 is 11.6 Å². The van der Waals surface area contributed by atoms with Gasteiger partial charge in [0, 0.05) is 18.1 Å². The van der Waals surface area contributed by atoms with E-state index in [1.165, 1.54) is 7.11 Å². The molecule has 6 nitrogen and oxygen atoms in total. The Hall–Kier alpha value is -2.50. The Bertz CT molecular complexity index is 537. The second kappa shape index (κ2) is 5.22. The van der Waals surface area contributed by atoms with E-state index in [2.05, 4.69) is 15.3 Å². The molecule has 0 unspecified atom stereocenters. The molecule has 0 atom stereocenters. The Kier molecular flexibility index (Phi) is 3.47. The van der Waals surface area contributed by atoms with Gasteiger partial charge in [0.2, 0.25) is 0 Å². The summed E-state index contributed by atoms with van der Waals surface area (Å²) in [4.78, 5) is 18.9. The van der Waals surface area contributed by atoms with Crippen LogP contribution >= 0.6 is 0 Å². The number of nitrogens with one attached hydrogen (secondary N) is 2. The van der Waals surface area contributed by atoms with Gasteiger partial charge in [0.25, 0.3) is 5.91 Å². The van der Waals surface area contributed by atoms with Gasteiger partial charge in [0.15, 0.2) is 0 Å². The molecule has 0 saturated carbocycles. The summed E-state index contributed by atoms with van der Waals surface area (Å²) in [6, 6.07) is 4.93. The van der Waals surface area contributed by atoms with E-state index in [1.807, 2.05) is 0 Å². The highest BCUT2D eigenvalue weighted by Crippen LogP contribution is 2.20. The molecule has 1 aromatic heterocycles. The van der Waals surface area contributed by atoms with Gasteiger partial charge >= 0.3 is 0 Å². The fourth-order valence-corrected chi connectivity index (χ4v) is 1.56. The maximum atomic E-state index is 12.0. The molecule has 0 aliphatic carbocycles. The molecule has 2 rings (SSSR count). The predicted octanol–water partition coefficient (Wildman–Crippen LogP) is 0.930. The van der Waals surface area contributed by atoms with Gasteiger partial charge in [0.05, 0.1) is 19.2 Å². The first-order chi connectivity index (χ1) is 8.70. The molecule has 94 valence electrons. The van der Waals surface area contributed by atoms with Crippen molar-refractivity contribution in [3.05, 3.63) is 42.0 Å². The minimum absolute atomic E-state index is 0.254. The standard InChI is InChI=1S/C12H14N4O2/c1-18-10-3-2-8(13)6-9(10)12(17)16-7-11-14-4-5-15-11/h2-6H,7,13H2,1H3,(H,14,15)(H,16,17). The lowest BCUT2D eigenvalue weighted by molar-refractivity contribution is 0.0947. The average Bonchev–Trinajstić information content (AvgIpc) is 2.89. The minimum atomic E-state index is -0.254. The third-order valence-electron chi connectivity index (χ3n) is 2.44. The Morgan fingerprint density at radius 1 is 1.56 bits per heavy atom. The first-order valence-corrected chi connectivity index (χ1v) is 5.40. The molecular weight excluding hydrogens is 232 g/mol. The van der Waals surface area contributed by atoms with Crippen LogP contribution in [0.3, 0.4) is 0 Å². The summed E-state index contributed by atoms with van der Waals surface area (Å²) in [5, 5.41) is 2.74. The number of rotatable bonds is 4. The monoisotopic (exact) mass is 246 g/mol. The van der Waals surface area contributed by atoms with Crippen LogP contribution in [-0.4, -0.2) is 23.0 Å². The highest BCUT2D eigenvalue weighted by molar-refractivity contribution is 5.97. The van der Waals surface area contributed by atoms with Crippen LogP contribution in [-0.2, 0) is 6.54 Å². The normalized spacial score (nSPS) is 10.1. The van der Waals surface area contributed by atoms with E-state index in [1.54, 1.807) is 30.6 Å². The van der Waals surface area contributed by atoms with Crippen LogP contribution in [0.4, 0.5) is 5.69 Å². The second-order valence-corrected chi connectivity index (χ2v) is 3.68. The van der Waals surface area contributed by atoms with Crippen LogP contribution < -0.4 is 15.8 Å². The number of ether oxygens (including phenoxy) is 1. The number of H-pyrrole nitrogens is 1. The molecule has 1 aromatic carbocycles. The molecule has 1 heterocycles. The number of carbonyl (C=O) groups excluding carboxylic acids is 1. The molecule has 0 fully saturated rings. The largest absolute Gasteiger partial charge is 0.496 e. The van der Waals surface area contributed by atoms with Crippen LogP contribution in [0.25, 0.3) is 0 Å². The van der Waals surface area contributed by atoms with E-state index in [0.29, 0.717) is 29.4 Å².